The molecule has 4 rings (SSSR count). The maximum Gasteiger partial charge on any atom is 0.233 e. The fourth-order valence-electron chi connectivity index (χ4n) is 4.23. The molecule has 2 aromatic carbocycles. The third kappa shape index (κ3) is 3.94. The third-order valence-electron chi connectivity index (χ3n) is 5.81. The van der Waals surface area contributed by atoms with Crippen molar-refractivity contribution < 1.29 is 19.0 Å². The molecule has 1 amide bonds. The topological polar surface area (TPSA) is 48.0 Å². The van der Waals surface area contributed by atoms with Crippen LogP contribution < -0.4 is 9.47 Å². The van der Waals surface area contributed by atoms with Gasteiger partial charge in [0, 0.05) is 36.9 Å². The van der Waals surface area contributed by atoms with Crippen molar-refractivity contribution in [1.29, 1.82) is 0 Å². The standard InChI is InChI=1S/C23H26ClNO4/c1-2-25(16-17-5-3-8-20-21(17)29-14-13-28-20)22(26)23(9-11-27-12-10-23)18-6-4-7-19(24)15-18/h3-8,15H,2,9-14,16H2,1H3. The molecule has 154 valence electrons. The highest BCUT2D eigenvalue weighted by atomic mass is 35.5. The maximum atomic E-state index is 13.9. The van der Waals surface area contributed by atoms with E-state index in [4.69, 9.17) is 25.8 Å². The van der Waals surface area contributed by atoms with Gasteiger partial charge in [0.2, 0.25) is 5.91 Å². The number of carbonyl (C=O) groups is 1. The summed E-state index contributed by atoms with van der Waals surface area (Å²) in [5.74, 6) is 1.60. The Bertz CT molecular complexity index is 879. The monoisotopic (exact) mass is 415 g/mol. The zero-order valence-electron chi connectivity index (χ0n) is 16.7. The van der Waals surface area contributed by atoms with Gasteiger partial charge in [-0.1, -0.05) is 35.9 Å². The molecule has 5 nitrogen and oxygen atoms in total. The van der Waals surface area contributed by atoms with Crippen molar-refractivity contribution in [2.45, 2.75) is 31.7 Å². The van der Waals surface area contributed by atoms with Crippen LogP contribution in [-0.4, -0.2) is 43.8 Å². The predicted molar refractivity (Wildman–Crippen MR) is 112 cm³/mol. The highest BCUT2D eigenvalue weighted by molar-refractivity contribution is 6.30. The molecule has 0 unspecified atom stereocenters. The van der Waals surface area contributed by atoms with Crippen LogP contribution in [-0.2, 0) is 21.5 Å². The van der Waals surface area contributed by atoms with Crippen molar-refractivity contribution >= 4 is 17.5 Å². The predicted octanol–water partition coefficient (Wildman–Crippen LogP) is 4.21. The Morgan fingerprint density at radius 1 is 1.07 bits per heavy atom. The van der Waals surface area contributed by atoms with Crippen LogP contribution >= 0.6 is 11.6 Å². The molecule has 2 heterocycles. The second-order valence-corrected chi connectivity index (χ2v) is 7.90. The number of likely N-dealkylation sites (N-methyl/N-ethyl adjacent to an activating group) is 1. The van der Waals surface area contributed by atoms with Gasteiger partial charge >= 0.3 is 0 Å². The van der Waals surface area contributed by atoms with Crippen LogP contribution in [0.5, 0.6) is 11.5 Å². The number of benzene rings is 2. The quantitative estimate of drug-likeness (QED) is 0.734. The first-order valence-electron chi connectivity index (χ1n) is 10.1. The van der Waals surface area contributed by atoms with E-state index in [0.29, 0.717) is 57.4 Å². The number of fused-ring (bicyclic) bond motifs is 1. The largest absolute Gasteiger partial charge is 0.486 e. The maximum absolute atomic E-state index is 13.9. The summed E-state index contributed by atoms with van der Waals surface area (Å²) >= 11 is 6.27. The van der Waals surface area contributed by atoms with Gasteiger partial charge in [-0.05, 0) is 43.5 Å². The minimum absolute atomic E-state index is 0.111. The van der Waals surface area contributed by atoms with Gasteiger partial charge in [-0.25, -0.2) is 0 Å². The molecular formula is C23H26ClNO4. The van der Waals surface area contributed by atoms with Crippen LogP contribution in [0.4, 0.5) is 0 Å². The Hall–Kier alpha value is -2.24. The molecule has 0 radical (unpaired) electrons. The van der Waals surface area contributed by atoms with Crippen LogP contribution in [0, 0.1) is 0 Å². The molecule has 1 saturated heterocycles. The molecule has 0 atom stereocenters. The molecule has 2 aliphatic heterocycles. The van der Waals surface area contributed by atoms with E-state index in [1.54, 1.807) is 0 Å². The minimum Gasteiger partial charge on any atom is -0.486 e. The summed E-state index contributed by atoms with van der Waals surface area (Å²) in [4.78, 5) is 15.8. The molecule has 0 aliphatic carbocycles. The summed E-state index contributed by atoms with van der Waals surface area (Å²) in [5, 5.41) is 0.645. The number of rotatable bonds is 5. The number of hydrogen-bond acceptors (Lipinski definition) is 4. The van der Waals surface area contributed by atoms with Gasteiger partial charge in [-0.15, -0.1) is 0 Å². The van der Waals surface area contributed by atoms with Gasteiger partial charge in [0.15, 0.2) is 11.5 Å². The Kier molecular flexibility index (Phi) is 5.97. The molecule has 2 aromatic rings. The minimum atomic E-state index is -0.620. The number of para-hydroxylation sites is 1. The Morgan fingerprint density at radius 2 is 1.83 bits per heavy atom. The molecule has 0 spiro atoms. The molecule has 0 N–H and O–H groups in total. The smallest absolute Gasteiger partial charge is 0.233 e. The average molecular weight is 416 g/mol. The molecule has 2 aliphatic rings. The summed E-state index contributed by atoms with van der Waals surface area (Å²) in [6, 6.07) is 13.5. The van der Waals surface area contributed by atoms with E-state index in [1.165, 1.54) is 0 Å². The summed E-state index contributed by atoms with van der Waals surface area (Å²) in [6.07, 6.45) is 1.30. The highest BCUT2D eigenvalue weighted by Crippen LogP contribution is 2.39. The lowest BCUT2D eigenvalue weighted by Gasteiger charge is -2.40. The SMILES string of the molecule is CCN(Cc1cccc2c1OCCO2)C(=O)C1(c2cccc(Cl)c2)CCOCC1. The van der Waals surface area contributed by atoms with Crippen LogP contribution in [0.3, 0.4) is 0 Å². The van der Waals surface area contributed by atoms with Gasteiger partial charge in [-0.2, -0.15) is 0 Å². The van der Waals surface area contributed by atoms with E-state index < -0.39 is 5.41 Å². The van der Waals surface area contributed by atoms with Gasteiger partial charge in [0.1, 0.15) is 13.2 Å². The second-order valence-electron chi connectivity index (χ2n) is 7.47. The molecular weight excluding hydrogens is 390 g/mol. The van der Waals surface area contributed by atoms with Gasteiger partial charge in [-0.3, -0.25) is 4.79 Å². The first-order valence-corrected chi connectivity index (χ1v) is 10.5. The van der Waals surface area contributed by atoms with Crippen molar-refractivity contribution in [2.24, 2.45) is 0 Å². The Labute approximate surface area is 176 Å². The Morgan fingerprint density at radius 3 is 2.59 bits per heavy atom. The van der Waals surface area contributed by atoms with Crippen molar-refractivity contribution in [3.05, 3.63) is 58.6 Å². The molecule has 1 fully saturated rings. The first-order chi connectivity index (χ1) is 14.1. The summed E-state index contributed by atoms with van der Waals surface area (Å²) in [6.45, 7) is 5.28. The van der Waals surface area contributed by atoms with Crippen LogP contribution in [0.1, 0.15) is 30.9 Å². The summed E-state index contributed by atoms with van der Waals surface area (Å²) in [5.41, 5.74) is 1.31. The number of carbonyl (C=O) groups excluding carboxylic acids is 1. The number of halogens is 1. The van der Waals surface area contributed by atoms with Crippen LogP contribution in [0.25, 0.3) is 0 Å². The first kappa shape index (κ1) is 20.0. The number of amides is 1. The lowest BCUT2D eigenvalue weighted by Crippen LogP contribution is -2.49. The van der Waals surface area contributed by atoms with Gasteiger partial charge < -0.3 is 19.1 Å². The van der Waals surface area contributed by atoms with E-state index in [-0.39, 0.29) is 5.91 Å². The molecule has 6 heteroatoms. The number of ether oxygens (including phenoxy) is 3. The summed E-state index contributed by atoms with van der Waals surface area (Å²) < 4.78 is 17.1. The fourth-order valence-corrected chi connectivity index (χ4v) is 4.42. The second kappa shape index (κ2) is 8.64. The van der Waals surface area contributed by atoms with Gasteiger partial charge in [0.05, 0.1) is 5.41 Å². The zero-order chi connectivity index (χ0) is 20.3. The molecule has 0 aromatic heterocycles. The van der Waals surface area contributed by atoms with E-state index in [9.17, 15) is 4.79 Å². The van der Waals surface area contributed by atoms with Crippen molar-refractivity contribution in [3.8, 4) is 11.5 Å². The zero-order valence-corrected chi connectivity index (χ0v) is 17.4. The van der Waals surface area contributed by atoms with Crippen molar-refractivity contribution in [2.75, 3.05) is 33.0 Å². The van der Waals surface area contributed by atoms with Crippen LogP contribution in [0.15, 0.2) is 42.5 Å². The lowest BCUT2D eigenvalue weighted by atomic mass is 9.73. The normalized spacial score (nSPS) is 17.6. The Balaban J connectivity index is 1.66. The van der Waals surface area contributed by atoms with E-state index in [0.717, 1.165) is 22.6 Å². The van der Waals surface area contributed by atoms with Crippen molar-refractivity contribution in [1.82, 2.24) is 4.90 Å². The highest BCUT2D eigenvalue weighted by Gasteiger charge is 2.44. The fraction of sp³-hybridized carbons (Fsp3) is 0.435. The third-order valence-corrected chi connectivity index (χ3v) is 6.05. The molecule has 29 heavy (non-hydrogen) atoms. The van der Waals surface area contributed by atoms with E-state index in [1.807, 2.05) is 54.3 Å². The molecule has 0 saturated carbocycles. The lowest BCUT2D eigenvalue weighted by molar-refractivity contribution is -0.141. The van der Waals surface area contributed by atoms with E-state index in [2.05, 4.69) is 0 Å². The van der Waals surface area contributed by atoms with Crippen LogP contribution in [0.2, 0.25) is 5.02 Å². The number of hydrogen-bond donors (Lipinski definition) is 0. The number of nitrogens with zero attached hydrogens (tertiary/aromatic N) is 1. The van der Waals surface area contributed by atoms with Gasteiger partial charge in [0.25, 0.3) is 0 Å². The van der Waals surface area contributed by atoms with E-state index >= 15 is 0 Å². The average Bonchev–Trinajstić information content (AvgIpc) is 2.77. The summed E-state index contributed by atoms with van der Waals surface area (Å²) in [7, 11) is 0. The molecule has 0 bridgehead atoms. The van der Waals surface area contributed by atoms with Crippen molar-refractivity contribution in [3.63, 3.8) is 0 Å².